The predicted octanol–water partition coefficient (Wildman–Crippen LogP) is 2.84. The zero-order valence-electron chi connectivity index (χ0n) is 10.8. The summed E-state index contributed by atoms with van der Waals surface area (Å²) in [6, 6.07) is 0. The zero-order chi connectivity index (χ0) is 13.0. The quantitative estimate of drug-likeness (QED) is 0.825. The van der Waals surface area contributed by atoms with Crippen LogP contribution >= 0.6 is 11.6 Å². The summed E-state index contributed by atoms with van der Waals surface area (Å²) in [6.45, 7) is 9.31. The van der Waals surface area contributed by atoms with Crippen LogP contribution in [-0.4, -0.2) is 21.6 Å². The van der Waals surface area contributed by atoms with Crippen molar-refractivity contribution in [1.82, 2.24) is 9.78 Å². The number of hydrogen-bond donors (Lipinski definition) is 1. The van der Waals surface area contributed by atoms with Crippen molar-refractivity contribution in [3.8, 4) is 0 Å². The summed E-state index contributed by atoms with van der Waals surface area (Å²) in [5, 5.41) is 7.10. The second-order valence-electron chi connectivity index (χ2n) is 4.86. The van der Waals surface area contributed by atoms with Gasteiger partial charge in [0.05, 0.1) is 17.6 Å². The molecular weight excluding hydrogens is 238 g/mol. The Morgan fingerprint density at radius 3 is 2.59 bits per heavy atom. The molecule has 1 aromatic rings. The monoisotopic (exact) mass is 257 g/mol. The van der Waals surface area contributed by atoms with Crippen LogP contribution in [0, 0.1) is 5.92 Å². The summed E-state index contributed by atoms with van der Waals surface area (Å²) in [5.41, 5.74) is 1.82. The highest BCUT2D eigenvalue weighted by atomic mass is 35.5. The Labute approximate surface area is 107 Å². The van der Waals surface area contributed by atoms with Gasteiger partial charge < -0.3 is 5.32 Å². The lowest BCUT2D eigenvalue weighted by atomic mass is 10.1. The normalized spacial score (nSPS) is 11.2. The number of rotatable bonds is 5. The molecule has 0 saturated carbocycles. The largest absolute Gasteiger partial charge is 0.322 e. The molecular formula is C12H20ClN3O. The number of halogens is 1. The number of nitrogens with zero attached hydrogens (tertiary/aromatic N) is 2. The van der Waals surface area contributed by atoms with Crippen molar-refractivity contribution in [2.75, 3.05) is 11.2 Å². The van der Waals surface area contributed by atoms with Crippen molar-refractivity contribution in [3.05, 3.63) is 11.9 Å². The third-order valence-corrected chi connectivity index (χ3v) is 2.60. The lowest BCUT2D eigenvalue weighted by Crippen LogP contribution is -2.16. The Hall–Kier alpha value is -1.03. The molecule has 1 rings (SSSR count). The SMILES string of the molecule is CC(C)Cn1ncc(NC(=O)CCl)c1C(C)C. The molecule has 0 atom stereocenters. The fourth-order valence-corrected chi connectivity index (χ4v) is 1.84. The Morgan fingerprint density at radius 2 is 2.12 bits per heavy atom. The maximum absolute atomic E-state index is 11.3. The van der Waals surface area contributed by atoms with Crippen molar-refractivity contribution < 1.29 is 4.79 Å². The van der Waals surface area contributed by atoms with Gasteiger partial charge in [-0.15, -0.1) is 11.6 Å². The maximum Gasteiger partial charge on any atom is 0.239 e. The molecule has 0 bridgehead atoms. The van der Waals surface area contributed by atoms with Crippen LogP contribution in [0.5, 0.6) is 0 Å². The van der Waals surface area contributed by atoms with Crippen LogP contribution < -0.4 is 5.32 Å². The van der Waals surface area contributed by atoms with E-state index in [-0.39, 0.29) is 11.8 Å². The summed E-state index contributed by atoms with van der Waals surface area (Å²) < 4.78 is 1.96. The van der Waals surface area contributed by atoms with E-state index < -0.39 is 0 Å². The first-order chi connectivity index (χ1) is 7.95. The van der Waals surface area contributed by atoms with Gasteiger partial charge in [0.25, 0.3) is 0 Å². The van der Waals surface area contributed by atoms with Crippen LogP contribution in [0.3, 0.4) is 0 Å². The molecule has 0 unspecified atom stereocenters. The highest BCUT2D eigenvalue weighted by molar-refractivity contribution is 6.29. The van der Waals surface area contributed by atoms with Gasteiger partial charge in [-0.05, 0) is 11.8 Å². The average Bonchev–Trinajstić information content (AvgIpc) is 2.59. The summed E-state index contributed by atoms with van der Waals surface area (Å²) in [7, 11) is 0. The summed E-state index contributed by atoms with van der Waals surface area (Å²) >= 11 is 5.49. The molecule has 0 aliphatic heterocycles. The number of carbonyl (C=O) groups is 1. The van der Waals surface area contributed by atoms with Gasteiger partial charge in [0.1, 0.15) is 5.88 Å². The van der Waals surface area contributed by atoms with Crippen LogP contribution in [0.1, 0.15) is 39.3 Å². The third-order valence-electron chi connectivity index (χ3n) is 2.36. The van der Waals surface area contributed by atoms with Crippen molar-refractivity contribution in [2.24, 2.45) is 5.92 Å². The lowest BCUT2D eigenvalue weighted by Gasteiger charge is -2.14. The van der Waals surface area contributed by atoms with Crippen LogP contribution in [0.25, 0.3) is 0 Å². The zero-order valence-corrected chi connectivity index (χ0v) is 11.6. The van der Waals surface area contributed by atoms with E-state index in [0.717, 1.165) is 17.9 Å². The Balaban J connectivity index is 2.98. The number of nitrogens with one attached hydrogen (secondary N) is 1. The van der Waals surface area contributed by atoms with Crippen LogP contribution in [-0.2, 0) is 11.3 Å². The Morgan fingerprint density at radius 1 is 1.47 bits per heavy atom. The molecule has 0 radical (unpaired) electrons. The van der Waals surface area contributed by atoms with E-state index in [1.54, 1.807) is 6.20 Å². The molecule has 1 N–H and O–H groups in total. The molecule has 0 spiro atoms. The predicted molar refractivity (Wildman–Crippen MR) is 70.5 cm³/mol. The molecule has 1 heterocycles. The van der Waals surface area contributed by atoms with Crippen molar-refractivity contribution >= 4 is 23.2 Å². The second kappa shape index (κ2) is 6.05. The van der Waals surface area contributed by atoms with Crippen LogP contribution in [0.15, 0.2) is 6.20 Å². The van der Waals surface area contributed by atoms with E-state index in [9.17, 15) is 4.79 Å². The van der Waals surface area contributed by atoms with Gasteiger partial charge in [-0.2, -0.15) is 5.10 Å². The van der Waals surface area contributed by atoms with Gasteiger partial charge in [-0.1, -0.05) is 27.7 Å². The minimum absolute atomic E-state index is 0.0348. The third kappa shape index (κ3) is 3.73. The van der Waals surface area contributed by atoms with Crippen molar-refractivity contribution in [1.29, 1.82) is 0 Å². The molecule has 17 heavy (non-hydrogen) atoms. The summed E-state index contributed by atoms with van der Waals surface area (Å²) in [6.07, 6.45) is 1.70. The van der Waals surface area contributed by atoms with Crippen molar-refractivity contribution in [2.45, 2.75) is 40.2 Å². The first-order valence-electron chi connectivity index (χ1n) is 5.87. The first-order valence-corrected chi connectivity index (χ1v) is 6.40. The van der Waals surface area contributed by atoms with Crippen LogP contribution in [0.2, 0.25) is 0 Å². The van der Waals surface area contributed by atoms with Gasteiger partial charge in [-0.3, -0.25) is 9.48 Å². The van der Waals surface area contributed by atoms with E-state index >= 15 is 0 Å². The molecule has 0 aromatic carbocycles. The molecule has 0 saturated heterocycles. The first kappa shape index (κ1) is 14.0. The maximum atomic E-state index is 11.3. The number of anilines is 1. The number of alkyl halides is 1. The highest BCUT2D eigenvalue weighted by Crippen LogP contribution is 2.24. The summed E-state index contributed by atoms with van der Waals surface area (Å²) in [4.78, 5) is 11.3. The molecule has 1 aromatic heterocycles. The average molecular weight is 258 g/mol. The molecule has 0 fully saturated rings. The molecule has 96 valence electrons. The van der Waals surface area contributed by atoms with Gasteiger partial charge in [0, 0.05) is 6.54 Å². The standard InChI is InChI=1S/C12H20ClN3O/c1-8(2)7-16-12(9(3)4)10(6-14-16)15-11(17)5-13/h6,8-9H,5,7H2,1-4H3,(H,15,17). The van der Waals surface area contributed by atoms with Gasteiger partial charge in [0.2, 0.25) is 5.91 Å². The van der Waals surface area contributed by atoms with E-state index in [2.05, 4.69) is 38.1 Å². The molecule has 4 nitrogen and oxygen atoms in total. The number of hydrogen-bond acceptors (Lipinski definition) is 2. The van der Waals surface area contributed by atoms with E-state index in [4.69, 9.17) is 11.6 Å². The molecule has 5 heteroatoms. The van der Waals surface area contributed by atoms with E-state index in [1.165, 1.54) is 0 Å². The number of amides is 1. The lowest BCUT2D eigenvalue weighted by molar-refractivity contribution is -0.113. The smallest absolute Gasteiger partial charge is 0.239 e. The molecule has 0 aliphatic rings. The number of carbonyl (C=O) groups excluding carboxylic acids is 1. The molecule has 1 amide bonds. The summed E-state index contributed by atoms with van der Waals surface area (Å²) in [5.74, 6) is 0.593. The second-order valence-corrected chi connectivity index (χ2v) is 5.12. The fraction of sp³-hybridized carbons (Fsp3) is 0.667. The fourth-order valence-electron chi connectivity index (χ4n) is 1.78. The Kier molecular flexibility index (Phi) is 5.00. The molecule has 0 aliphatic carbocycles. The van der Waals surface area contributed by atoms with E-state index in [0.29, 0.717) is 11.8 Å². The van der Waals surface area contributed by atoms with Gasteiger partial charge >= 0.3 is 0 Å². The Bertz CT molecular complexity index is 385. The van der Waals surface area contributed by atoms with Crippen molar-refractivity contribution in [3.63, 3.8) is 0 Å². The van der Waals surface area contributed by atoms with Gasteiger partial charge in [0.15, 0.2) is 0 Å². The minimum Gasteiger partial charge on any atom is -0.322 e. The van der Waals surface area contributed by atoms with Gasteiger partial charge in [-0.25, -0.2) is 0 Å². The topological polar surface area (TPSA) is 46.9 Å². The van der Waals surface area contributed by atoms with Crippen LogP contribution in [0.4, 0.5) is 5.69 Å². The highest BCUT2D eigenvalue weighted by Gasteiger charge is 2.16. The van der Waals surface area contributed by atoms with E-state index in [1.807, 2.05) is 4.68 Å². The number of aromatic nitrogens is 2. The minimum atomic E-state index is -0.197.